The number of rotatable bonds is 5. The van der Waals surface area contributed by atoms with Crippen molar-refractivity contribution in [2.24, 2.45) is 5.73 Å². The summed E-state index contributed by atoms with van der Waals surface area (Å²) in [4.78, 5) is 14.9. The van der Waals surface area contributed by atoms with Crippen LogP contribution in [0.4, 0.5) is 5.13 Å². The zero-order valence-electron chi connectivity index (χ0n) is 9.66. The van der Waals surface area contributed by atoms with E-state index in [1.807, 2.05) is 18.4 Å². The average Bonchev–Trinajstić information content (AvgIpc) is 2.98. The van der Waals surface area contributed by atoms with Crippen molar-refractivity contribution >= 4 is 33.8 Å². The van der Waals surface area contributed by atoms with Gasteiger partial charge in [-0.3, -0.25) is 4.79 Å². The number of thiophene rings is 1. The fraction of sp³-hybridized carbons (Fsp3) is 0.273. The Morgan fingerprint density at radius 1 is 1.56 bits per heavy atom. The number of nitrogens with two attached hydrogens (primary N) is 1. The first-order valence-corrected chi connectivity index (χ1v) is 7.12. The lowest BCUT2D eigenvalue weighted by Gasteiger charge is -2.10. The highest BCUT2D eigenvalue weighted by molar-refractivity contribution is 7.13. The molecule has 0 aliphatic carbocycles. The van der Waals surface area contributed by atoms with Crippen molar-refractivity contribution in [2.75, 3.05) is 5.32 Å². The van der Waals surface area contributed by atoms with Gasteiger partial charge in [0.2, 0.25) is 0 Å². The summed E-state index contributed by atoms with van der Waals surface area (Å²) in [6.07, 6.45) is 0. The van der Waals surface area contributed by atoms with Crippen molar-refractivity contribution in [3.63, 3.8) is 0 Å². The van der Waals surface area contributed by atoms with E-state index in [1.54, 1.807) is 16.7 Å². The summed E-state index contributed by atoms with van der Waals surface area (Å²) in [6.45, 7) is 2.03. The molecular formula is C11H13N3O2S2. The molecule has 2 aromatic rings. The van der Waals surface area contributed by atoms with Crippen LogP contribution in [0.15, 0.2) is 22.2 Å². The largest absolute Gasteiger partial charge is 0.480 e. The number of thiazole rings is 1. The Bertz CT molecular complexity index is 524. The molecule has 0 saturated heterocycles. The maximum atomic E-state index is 10.7. The molecule has 0 aliphatic rings. The van der Waals surface area contributed by atoms with Gasteiger partial charge >= 0.3 is 5.97 Å². The molecule has 7 heteroatoms. The second-order valence-corrected chi connectivity index (χ2v) is 5.45. The Labute approximate surface area is 112 Å². The summed E-state index contributed by atoms with van der Waals surface area (Å²) >= 11 is 3.00. The van der Waals surface area contributed by atoms with Gasteiger partial charge in [0.05, 0.1) is 11.7 Å². The van der Waals surface area contributed by atoms with Crippen molar-refractivity contribution < 1.29 is 9.90 Å². The average molecular weight is 283 g/mol. The molecular weight excluding hydrogens is 270 g/mol. The van der Waals surface area contributed by atoms with Crippen molar-refractivity contribution in [2.45, 2.75) is 19.0 Å². The molecule has 2 rings (SSSR count). The third-order valence-electron chi connectivity index (χ3n) is 2.49. The van der Waals surface area contributed by atoms with Crippen molar-refractivity contribution in [3.05, 3.63) is 33.5 Å². The molecule has 0 aliphatic heterocycles. The van der Waals surface area contributed by atoms with Gasteiger partial charge in [0.15, 0.2) is 5.13 Å². The van der Waals surface area contributed by atoms with Gasteiger partial charge in [-0.25, -0.2) is 4.98 Å². The molecule has 0 radical (unpaired) electrons. The lowest BCUT2D eigenvalue weighted by molar-refractivity contribution is -0.138. The zero-order valence-corrected chi connectivity index (χ0v) is 11.3. The van der Waals surface area contributed by atoms with Crippen LogP contribution >= 0.6 is 22.7 Å². The summed E-state index contributed by atoms with van der Waals surface area (Å²) in [5.41, 5.74) is 7.06. The smallest absolute Gasteiger partial charge is 0.326 e. The molecule has 4 N–H and O–H groups in total. The van der Waals surface area contributed by atoms with E-state index in [4.69, 9.17) is 10.8 Å². The first-order valence-electron chi connectivity index (χ1n) is 5.30. The van der Waals surface area contributed by atoms with E-state index in [9.17, 15) is 4.79 Å². The molecule has 2 atom stereocenters. The number of carboxylic acid groups (broad SMARTS) is 1. The predicted molar refractivity (Wildman–Crippen MR) is 73.0 cm³/mol. The normalized spacial score (nSPS) is 14.1. The number of nitrogens with one attached hydrogen (secondary N) is 1. The number of carbonyl (C=O) groups is 1. The molecule has 0 amide bonds. The van der Waals surface area contributed by atoms with Gasteiger partial charge in [-0.1, -0.05) is 0 Å². The van der Waals surface area contributed by atoms with E-state index in [-0.39, 0.29) is 6.04 Å². The van der Waals surface area contributed by atoms with E-state index in [0.29, 0.717) is 10.8 Å². The SMILES string of the molecule is CC(Nc1nc(C(N)C(=O)O)cs1)c1ccsc1. The maximum absolute atomic E-state index is 10.7. The second kappa shape index (κ2) is 5.47. The number of aromatic nitrogens is 1. The fourth-order valence-corrected chi connectivity index (χ4v) is 3.00. The predicted octanol–water partition coefficient (Wildman–Crippen LogP) is 2.46. The highest BCUT2D eigenvalue weighted by Gasteiger charge is 2.18. The lowest BCUT2D eigenvalue weighted by atomic mass is 10.2. The third-order valence-corrected chi connectivity index (χ3v) is 3.98. The molecule has 2 unspecified atom stereocenters. The van der Waals surface area contributed by atoms with Crippen LogP contribution in [0.25, 0.3) is 0 Å². The van der Waals surface area contributed by atoms with Gasteiger partial charge in [-0.2, -0.15) is 11.3 Å². The zero-order chi connectivity index (χ0) is 13.1. The quantitative estimate of drug-likeness (QED) is 0.784. The summed E-state index contributed by atoms with van der Waals surface area (Å²) in [5.74, 6) is -1.07. The molecule has 18 heavy (non-hydrogen) atoms. The van der Waals surface area contributed by atoms with Crippen LogP contribution in [0.1, 0.15) is 30.3 Å². The maximum Gasteiger partial charge on any atom is 0.326 e. The number of hydrogen-bond acceptors (Lipinski definition) is 6. The number of aliphatic carboxylic acids is 1. The highest BCUT2D eigenvalue weighted by atomic mass is 32.1. The van der Waals surface area contributed by atoms with Crippen LogP contribution in [0.3, 0.4) is 0 Å². The van der Waals surface area contributed by atoms with Crippen molar-refractivity contribution in [1.82, 2.24) is 4.98 Å². The standard InChI is InChI=1S/C11H13N3O2S2/c1-6(7-2-3-17-4-7)13-11-14-8(5-18-11)9(12)10(15)16/h2-6,9H,12H2,1H3,(H,13,14)(H,15,16). The van der Waals surface area contributed by atoms with Gasteiger partial charge in [0.25, 0.3) is 0 Å². The lowest BCUT2D eigenvalue weighted by Crippen LogP contribution is -2.21. The van der Waals surface area contributed by atoms with E-state index < -0.39 is 12.0 Å². The first kappa shape index (κ1) is 13.0. The molecule has 0 fully saturated rings. The van der Waals surface area contributed by atoms with E-state index in [2.05, 4.69) is 15.7 Å². The molecule has 2 aromatic heterocycles. The highest BCUT2D eigenvalue weighted by Crippen LogP contribution is 2.25. The summed E-state index contributed by atoms with van der Waals surface area (Å²) in [5, 5.41) is 18.5. The van der Waals surface area contributed by atoms with Crippen LogP contribution in [0, 0.1) is 0 Å². The topological polar surface area (TPSA) is 88.2 Å². The van der Waals surface area contributed by atoms with Crippen LogP contribution in [-0.4, -0.2) is 16.1 Å². The number of nitrogens with zero attached hydrogens (tertiary/aromatic N) is 1. The molecule has 0 spiro atoms. The van der Waals surface area contributed by atoms with Gasteiger partial charge < -0.3 is 16.2 Å². The van der Waals surface area contributed by atoms with Crippen LogP contribution < -0.4 is 11.1 Å². The van der Waals surface area contributed by atoms with Crippen LogP contribution in [0.2, 0.25) is 0 Å². The summed E-state index contributed by atoms with van der Waals surface area (Å²) in [6, 6.07) is 1.12. The number of anilines is 1. The monoisotopic (exact) mass is 283 g/mol. The van der Waals surface area contributed by atoms with E-state index >= 15 is 0 Å². The third kappa shape index (κ3) is 2.87. The minimum atomic E-state index is -1.07. The molecule has 0 bridgehead atoms. The van der Waals surface area contributed by atoms with Crippen molar-refractivity contribution in [3.8, 4) is 0 Å². The van der Waals surface area contributed by atoms with Gasteiger partial charge in [0.1, 0.15) is 6.04 Å². The van der Waals surface area contributed by atoms with Crippen LogP contribution in [0.5, 0.6) is 0 Å². The molecule has 2 heterocycles. The Hall–Kier alpha value is -1.44. The first-order chi connectivity index (χ1) is 8.58. The number of hydrogen-bond donors (Lipinski definition) is 3. The fourth-order valence-electron chi connectivity index (χ4n) is 1.41. The van der Waals surface area contributed by atoms with Crippen LogP contribution in [-0.2, 0) is 4.79 Å². The second-order valence-electron chi connectivity index (χ2n) is 3.82. The van der Waals surface area contributed by atoms with Gasteiger partial charge in [-0.15, -0.1) is 11.3 Å². The van der Waals surface area contributed by atoms with Gasteiger partial charge in [-0.05, 0) is 29.3 Å². The summed E-state index contributed by atoms with van der Waals surface area (Å²) < 4.78 is 0. The molecule has 5 nitrogen and oxygen atoms in total. The minimum absolute atomic E-state index is 0.135. The molecule has 96 valence electrons. The Morgan fingerprint density at radius 3 is 2.94 bits per heavy atom. The Balaban J connectivity index is 2.05. The Morgan fingerprint density at radius 2 is 2.33 bits per heavy atom. The van der Waals surface area contributed by atoms with E-state index in [1.165, 1.54) is 16.9 Å². The van der Waals surface area contributed by atoms with Crippen molar-refractivity contribution in [1.29, 1.82) is 0 Å². The molecule has 0 saturated carbocycles. The van der Waals surface area contributed by atoms with E-state index in [0.717, 1.165) is 0 Å². The number of carboxylic acids is 1. The Kier molecular flexibility index (Phi) is 3.95. The van der Waals surface area contributed by atoms with Gasteiger partial charge in [0, 0.05) is 5.38 Å². The summed E-state index contributed by atoms with van der Waals surface area (Å²) in [7, 11) is 0. The minimum Gasteiger partial charge on any atom is -0.480 e. The molecule has 0 aromatic carbocycles.